The van der Waals surface area contributed by atoms with Gasteiger partial charge in [-0.1, -0.05) is 29.8 Å². The summed E-state index contributed by atoms with van der Waals surface area (Å²) in [4.78, 5) is 30.2. The number of halogens is 1. The standard InChI is InChI=1S/C20H17ClN4O4S/c21-16-4-2-1-3-14(16)17-12-30-20(22-17)23-19(26)15-11-13(25(27)28)5-6-18(15)24-7-9-29-10-8-24/h1-6,11-12H,7-10H2,(H,22,23,26). The van der Waals surface area contributed by atoms with Gasteiger partial charge < -0.3 is 9.64 Å². The van der Waals surface area contributed by atoms with Crippen molar-refractivity contribution in [2.24, 2.45) is 0 Å². The molecule has 4 rings (SSSR count). The van der Waals surface area contributed by atoms with E-state index < -0.39 is 10.8 Å². The Morgan fingerprint density at radius 3 is 2.73 bits per heavy atom. The lowest BCUT2D eigenvalue weighted by atomic mass is 10.1. The van der Waals surface area contributed by atoms with Crippen molar-refractivity contribution in [2.75, 3.05) is 36.5 Å². The molecule has 3 aromatic rings. The largest absolute Gasteiger partial charge is 0.378 e. The lowest BCUT2D eigenvalue weighted by molar-refractivity contribution is -0.384. The summed E-state index contributed by atoms with van der Waals surface area (Å²) in [7, 11) is 0. The minimum atomic E-state index is -0.515. The molecule has 154 valence electrons. The zero-order valence-corrected chi connectivity index (χ0v) is 17.3. The highest BCUT2D eigenvalue weighted by atomic mass is 35.5. The maximum atomic E-state index is 13.0. The summed E-state index contributed by atoms with van der Waals surface area (Å²) >= 11 is 7.48. The van der Waals surface area contributed by atoms with E-state index >= 15 is 0 Å². The molecule has 0 radical (unpaired) electrons. The number of carbonyl (C=O) groups excluding carboxylic acids is 1. The van der Waals surface area contributed by atoms with Crippen molar-refractivity contribution in [1.29, 1.82) is 0 Å². The van der Waals surface area contributed by atoms with Crippen LogP contribution in [0.3, 0.4) is 0 Å². The van der Waals surface area contributed by atoms with Crippen LogP contribution in [0.1, 0.15) is 10.4 Å². The SMILES string of the molecule is O=C(Nc1nc(-c2ccccc2Cl)cs1)c1cc([N+](=O)[O-])ccc1N1CCOCC1. The van der Waals surface area contributed by atoms with Crippen molar-refractivity contribution in [1.82, 2.24) is 4.98 Å². The van der Waals surface area contributed by atoms with Crippen LogP contribution in [0.5, 0.6) is 0 Å². The highest BCUT2D eigenvalue weighted by Gasteiger charge is 2.23. The van der Waals surface area contributed by atoms with Gasteiger partial charge in [0, 0.05) is 41.2 Å². The summed E-state index contributed by atoms with van der Waals surface area (Å²) in [6, 6.07) is 11.6. The molecular weight excluding hydrogens is 428 g/mol. The smallest absolute Gasteiger partial charge is 0.270 e. The summed E-state index contributed by atoms with van der Waals surface area (Å²) in [5.74, 6) is -0.458. The Morgan fingerprint density at radius 2 is 2.00 bits per heavy atom. The van der Waals surface area contributed by atoms with E-state index in [0.29, 0.717) is 47.8 Å². The quantitative estimate of drug-likeness (QED) is 0.461. The molecule has 1 aromatic heterocycles. The zero-order valence-electron chi connectivity index (χ0n) is 15.7. The molecule has 1 aliphatic heterocycles. The number of benzene rings is 2. The Balaban J connectivity index is 1.62. The fourth-order valence-electron chi connectivity index (χ4n) is 3.19. The number of morpholine rings is 1. The first-order valence-electron chi connectivity index (χ1n) is 9.16. The van der Waals surface area contributed by atoms with E-state index in [2.05, 4.69) is 10.3 Å². The number of aromatic nitrogens is 1. The van der Waals surface area contributed by atoms with Gasteiger partial charge in [0.1, 0.15) is 0 Å². The summed E-state index contributed by atoms with van der Waals surface area (Å²) in [5, 5.41) is 16.7. The number of nitrogens with one attached hydrogen (secondary N) is 1. The van der Waals surface area contributed by atoms with E-state index in [1.807, 2.05) is 23.1 Å². The molecule has 2 aromatic carbocycles. The van der Waals surface area contributed by atoms with Crippen LogP contribution in [0, 0.1) is 10.1 Å². The van der Waals surface area contributed by atoms with Crippen LogP contribution < -0.4 is 10.2 Å². The Morgan fingerprint density at radius 1 is 1.23 bits per heavy atom. The number of hydrogen-bond donors (Lipinski definition) is 1. The van der Waals surface area contributed by atoms with E-state index in [0.717, 1.165) is 5.56 Å². The molecule has 8 nitrogen and oxygen atoms in total. The Hall–Kier alpha value is -3.01. The normalized spacial score (nSPS) is 13.8. The summed E-state index contributed by atoms with van der Waals surface area (Å²) in [6.45, 7) is 2.27. The van der Waals surface area contributed by atoms with Crippen LogP contribution in [-0.4, -0.2) is 42.1 Å². The molecule has 0 aliphatic carbocycles. The van der Waals surface area contributed by atoms with Crippen LogP contribution in [-0.2, 0) is 4.74 Å². The highest BCUT2D eigenvalue weighted by Crippen LogP contribution is 2.31. The molecule has 0 atom stereocenters. The average Bonchev–Trinajstić information content (AvgIpc) is 3.22. The number of amides is 1. The number of nitro benzene ring substituents is 1. The molecule has 1 N–H and O–H groups in total. The zero-order chi connectivity index (χ0) is 21.1. The molecule has 1 saturated heterocycles. The second kappa shape index (κ2) is 8.78. The van der Waals surface area contributed by atoms with Crippen molar-refractivity contribution >= 4 is 45.4 Å². The predicted octanol–water partition coefficient (Wildman–Crippen LogP) is 4.46. The van der Waals surface area contributed by atoms with E-state index in [4.69, 9.17) is 16.3 Å². The number of anilines is 2. The fraction of sp³-hybridized carbons (Fsp3) is 0.200. The molecule has 2 heterocycles. The number of ether oxygens (including phenoxy) is 1. The maximum Gasteiger partial charge on any atom is 0.270 e. The molecule has 10 heteroatoms. The number of carbonyl (C=O) groups is 1. The average molecular weight is 445 g/mol. The van der Waals surface area contributed by atoms with Crippen molar-refractivity contribution < 1.29 is 14.5 Å². The Kier molecular flexibility index (Phi) is 5.93. The van der Waals surface area contributed by atoms with Crippen molar-refractivity contribution in [3.05, 3.63) is 68.5 Å². The summed E-state index contributed by atoms with van der Waals surface area (Å²) in [5.41, 5.74) is 2.12. The first-order chi connectivity index (χ1) is 14.5. The monoisotopic (exact) mass is 444 g/mol. The van der Waals surface area contributed by atoms with Gasteiger partial charge in [-0.3, -0.25) is 20.2 Å². The van der Waals surface area contributed by atoms with Crippen molar-refractivity contribution in [2.45, 2.75) is 0 Å². The third-order valence-electron chi connectivity index (χ3n) is 4.66. The van der Waals surface area contributed by atoms with Crippen molar-refractivity contribution in [3.8, 4) is 11.3 Å². The van der Waals surface area contributed by atoms with Crippen LogP contribution in [0.4, 0.5) is 16.5 Å². The lowest BCUT2D eigenvalue weighted by Gasteiger charge is -2.30. The summed E-state index contributed by atoms with van der Waals surface area (Å²) < 4.78 is 5.36. The van der Waals surface area contributed by atoms with Gasteiger partial charge >= 0.3 is 0 Å². The van der Waals surface area contributed by atoms with E-state index in [1.165, 1.54) is 23.5 Å². The minimum Gasteiger partial charge on any atom is -0.378 e. The number of rotatable bonds is 5. The number of nitro groups is 1. The number of non-ortho nitro benzene ring substituents is 1. The first-order valence-corrected chi connectivity index (χ1v) is 10.4. The van der Waals surface area contributed by atoms with E-state index in [9.17, 15) is 14.9 Å². The molecule has 1 fully saturated rings. The molecular formula is C20H17ClN4O4S. The molecule has 0 saturated carbocycles. The number of thiazole rings is 1. The van der Waals surface area contributed by atoms with Gasteiger partial charge in [-0.05, 0) is 12.1 Å². The van der Waals surface area contributed by atoms with Gasteiger partial charge in [0.2, 0.25) is 0 Å². The molecule has 1 aliphatic rings. The predicted molar refractivity (Wildman–Crippen MR) is 117 cm³/mol. The molecule has 1 amide bonds. The van der Waals surface area contributed by atoms with Gasteiger partial charge in [-0.25, -0.2) is 4.98 Å². The van der Waals surface area contributed by atoms with E-state index in [-0.39, 0.29) is 11.3 Å². The van der Waals surface area contributed by atoms with E-state index in [1.54, 1.807) is 17.5 Å². The van der Waals surface area contributed by atoms with Gasteiger partial charge in [0.05, 0.1) is 35.1 Å². The third-order valence-corrected chi connectivity index (χ3v) is 5.75. The first kappa shape index (κ1) is 20.3. The topological polar surface area (TPSA) is 97.6 Å². The second-order valence-corrected chi connectivity index (χ2v) is 7.80. The molecule has 30 heavy (non-hydrogen) atoms. The van der Waals surface area contributed by atoms with Gasteiger partial charge in [0.25, 0.3) is 11.6 Å². The molecule has 0 bridgehead atoms. The maximum absolute atomic E-state index is 13.0. The highest BCUT2D eigenvalue weighted by molar-refractivity contribution is 7.14. The number of hydrogen-bond acceptors (Lipinski definition) is 7. The number of nitrogens with zero attached hydrogens (tertiary/aromatic N) is 3. The molecule has 0 unspecified atom stereocenters. The van der Waals surface area contributed by atoms with Gasteiger partial charge in [-0.15, -0.1) is 11.3 Å². The Labute approximate surface area is 181 Å². The lowest BCUT2D eigenvalue weighted by Crippen LogP contribution is -2.37. The minimum absolute atomic E-state index is 0.145. The van der Waals surface area contributed by atoms with Crippen LogP contribution >= 0.6 is 22.9 Å². The Bertz CT molecular complexity index is 1100. The molecule has 0 spiro atoms. The van der Waals surface area contributed by atoms with Crippen LogP contribution in [0.25, 0.3) is 11.3 Å². The fourth-order valence-corrected chi connectivity index (χ4v) is 4.13. The second-order valence-electron chi connectivity index (χ2n) is 6.53. The van der Waals surface area contributed by atoms with Crippen LogP contribution in [0.15, 0.2) is 47.8 Å². The van der Waals surface area contributed by atoms with Crippen LogP contribution in [0.2, 0.25) is 5.02 Å². The van der Waals surface area contributed by atoms with Gasteiger partial charge in [-0.2, -0.15) is 0 Å². The van der Waals surface area contributed by atoms with Gasteiger partial charge in [0.15, 0.2) is 5.13 Å². The van der Waals surface area contributed by atoms with Crippen molar-refractivity contribution in [3.63, 3.8) is 0 Å². The summed E-state index contributed by atoms with van der Waals surface area (Å²) in [6.07, 6.45) is 0. The third kappa shape index (κ3) is 4.28.